The minimum absolute atomic E-state index is 0.257. The molecule has 0 saturated heterocycles. The summed E-state index contributed by atoms with van der Waals surface area (Å²) in [5.74, 6) is 0.485. The van der Waals surface area contributed by atoms with E-state index in [2.05, 4.69) is 0 Å². The summed E-state index contributed by atoms with van der Waals surface area (Å²) in [4.78, 5) is 0. The summed E-state index contributed by atoms with van der Waals surface area (Å²) in [5, 5.41) is 0. The molecule has 0 N–H and O–H groups in total. The summed E-state index contributed by atoms with van der Waals surface area (Å²) in [7, 11) is 0. The van der Waals surface area contributed by atoms with E-state index in [1.165, 1.54) is 0 Å². The highest BCUT2D eigenvalue weighted by Crippen LogP contribution is 2.53. The Morgan fingerprint density at radius 1 is 1.43 bits per heavy atom. The Hall–Kier alpha value is -0.500. The SMILES string of the molecule is CCOP(=O)(Cl)Oc1ccccc1C. The van der Waals surface area contributed by atoms with Crippen molar-refractivity contribution in [3.8, 4) is 5.75 Å². The molecule has 1 rings (SSSR count). The highest BCUT2D eigenvalue weighted by Gasteiger charge is 2.22. The zero-order chi connectivity index (χ0) is 10.6. The fourth-order valence-electron chi connectivity index (χ4n) is 0.957. The molecule has 0 fully saturated rings. The molecule has 0 bridgehead atoms. The minimum atomic E-state index is -3.47. The summed E-state index contributed by atoms with van der Waals surface area (Å²) < 4.78 is 21.3. The first-order valence-corrected chi connectivity index (χ1v) is 6.69. The van der Waals surface area contributed by atoms with Crippen molar-refractivity contribution in [3.63, 3.8) is 0 Å². The van der Waals surface area contributed by atoms with Crippen LogP contribution in [0.25, 0.3) is 0 Å². The molecule has 0 aliphatic carbocycles. The summed E-state index contributed by atoms with van der Waals surface area (Å²) in [6.45, 7) is 0.337. The van der Waals surface area contributed by atoms with Crippen LogP contribution in [0.5, 0.6) is 5.75 Å². The third-order valence-electron chi connectivity index (χ3n) is 1.58. The third-order valence-corrected chi connectivity index (χ3v) is 3.07. The number of halogens is 1. The Morgan fingerprint density at radius 2 is 2.07 bits per heavy atom. The van der Waals surface area contributed by atoms with Crippen molar-refractivity contribution in [1.29, 1.82) is 0 Å². The molecule has 78 valence electrons. The molecule has 0 saturated carbocycles. The first-order chi connectivity index (χ1) is 6.55. The van der Waals surface area contributed by atoms with Gasteiger partial charge in [0, 0.05) is 11.2 Å². The van der Waals surface area contributed by atoms with E-state index in [1.54, 1.807) is 19.1 Å². The van der Waals surface area contributed by atoms with Gasteiger partial charge in [-0.3, -0.25) is 4.52 Å². The Morgan fingerprint density at radius 3 is 2.64 bits per heavy atom. The fourth-order valence-corrected chi connectivity index (χ4v) is 2.27. The predicted molar refractivity (Wildman–Crippen MR) is 56.9 cm³/mol. The summed E-state index contributed by atoms with van der Waals surface area (Å²) in [5.41, 5.74) is 0.869. The number of para-hydroxylation sites is 1. The molecule has 0 amide bonds. The maximum Gasteiger partial charge on any atom is 0.476 e. The Kier molecular flexibility index (Phi) is 3.99. The number of benzene rings is 1. The van der Waals surface area contributed by atoms with E-state index in [1.807, 2.05) is 19.1 Å². The van der Waals surface area contributed by atoms with Crippen molar-refractivity contribution in [2.75, 3.05) is 6.61 Å². The molecule has 0 spiro atoms. The van der Waals surface area contributed by atoms with Gasteiger partial charge in [-0.25, -0.2) is 4.57 Å². The second-order valence-corrected chi connectivity index (χ2v) is 5.25. The molecule has 0 radical (unpaired) electrons. The number of rotatable bonds is 4. The molecule has 14 heavy (non-hydrogen) atoms. The topological polar surface area (TPSA) is 35.5 Å². The van der Waals surface area contributed by atoms with E-state index in [0.717, 1.165) is 5.56 Å². The predicted octanol–water partition coefficient (Wildman–Crippen LogP) is 3.76. The highest BCUT2D eigenvalue weighted by molar-refractivity contribution is 7.81. The fraction of sp³-hybridized carbons (Fsp3) is 0.333. The van der Waals surface area contributed by atoms with Gasteiger partial charge in [-0.2, -0.15) is 0 Å². The van der Waals surface area contributed by atoms with Crippen LogP contribution in [0.1, 0.15) is 12.5 Å². The molecule has 1 aromatic rings. The van der Waals surface area contributed by atoms with Crippen molar-refractivity contribution < 1.29 is 13.6 Å². The third kappa shape index (κ3) is 3.33. The monoisotopic (exact) mass is 234 g/mol. The standard InChI is InChI=1S/C9H12ClO3P/c1-3-12-14(10,11)13-9-7-5-4-6-8(9)2/h4-7H,3H2,1-2H3. The second-order valence-electron chi connectivity index (χ2n) is 2.71. The lowest BCUT2D eigenvalue weighted by Gasteiger charge is -2.12. The van der Waals surface area contributed by atoms with Crippen LogP contribution in [0.15, 0.2) is 24.3 Å². The minimum Gasteiger partial charge on any atom is -0.413 e. The molecule has 1 aromatic carbocycles. The van der Waals surface area contributed by atoms with Crippen LogP contribution in [0.2, 0.25) is 0 Å². The van der Waals surface area contributed by atoms with Crippen LogP contribution >= 0.6 is 18.2 Å². The molecule has 3 nitrogen and oxygen atoms in total. The average molecular weight is 235 g/mol. The molecule has 1 unspecified atom stereocenters. The van der Waals surface area contributed by atoms with Gasteiger partial charge in [0.15, 0.2) is 0 Å². The maximum absolute atomic E-state index is 11.5. The second kappa shape index (κ2) is 4.83. The zero-order valence-corrected chi connectivity index (χ0v) is 9.72. The lowest BCUT2D eigenvalue weighted by Crippen LogP contribution is -1.93. The first-order valence-electron chi connectivity index (χ1n) is 4.24. The number of aryl methyl sites for hydroxylation is 1. The zero-order valence-electron chi connectivity index (χ0n) is 8.07. The molecular weight excluding hydrogens is 223 g/mol. The van der Waals surface area contributed by atoms with Crippen molar-refractivity contribution in [1.82, 2.24) is 0 Å². The lowest BCUT2D eigenvalue weighted by atomic mass is 10.2. The molecule has 0 aliphatic heterocycles. The smallest absolute Gasteiger partial charge is 0.413 e. The van der Waals surface area contributed by atoms with E-state index < -0.39 is 6.95 Å². The van der Waals surface area contributed by atoms with Gasteiger partial charge in [0.1, 0.15) is 5.75 Å². The van der Waals surface area contributed by atoms with Crippen LogP contribution in [-0.2, 0) is 9.09 Å². The number of hydrogen-bond acceptors (Lipinski definition) is 3. The van der Waals surface area contributed by atoms with Crippen molar-refractivity contribution in [2.24, 2.45) is 0 Å². The van der Waals surface area contributed by atoms with Crippen molar-refractivity contribution >= 4 is 18.2 Å². The van der Waals surface area contributed by atoms with Gasteiger partial charge in [-0.05, 0) is 25.5 Å². The van der Waals surface area contributed by atoms with Gasteiger partial charge < -0.3 is 4.52 Å². The first kappa shape index (κ1) is 11.6. The van der Waals surface area contributed by atoms with E-state index in [9.17, 15) is 4.57 Å². The molecule has 0 heterocycles. The summed E-state index contributed by atoms with van der Waals surface area (Å²) in [6, 6.07) is 7.19. The molecule has 0 aliphatic rings. The van der Waals surface area contributed by atoms with Crippen molar-refractivity contribution in [2.45, 2.75) is 13.8 Å². The highest BCUT2D eigenvalue weighted by atomic mass is 35.7. The van der Waals surface area contributed by atoms with Gasteiger partial charge in [-0.1, -0.05) is 18.2 Å². The molecular formula is C9H12ClO3P. The average Bonchev–Trinajstić information content (AvgIpc) is 2.08. The molecule has 1 atom stereocenters. The largest absolute Gasteiger partial charge is 0.476 e. The summed E-state index contributed by atoms with van der Waals surface area (Å²) in [6.07, 6.45) is 0. The van der Waals surface area contributed by atoms with E-state index in [0.29, 0.717) is 5.75 Å². The number of hydrogen-bond donors (Lipinski definition) is 0. The van der Waals surface area contributed by atoms with Gasteiger partial charge in [0.25, 0.3) is 0 Å². The Labute approximate surface area is 88.3 Å². The quantitative estimate of drug-likeness (QED) is 0.744. The van der Waals surface area contributed by atoms with Gasteiger partial charge >= 0.3 is 6.95 Å². The van der Waals surface area contributed by atoms with Gasteiger partial charge in [0.05, 0.1) is 6.61 Å². The summed E-state index contributed by atoms with van der Waals surface area (Å²) >= 11 is 5.55. The van der Waals surface area contributed by atoms with E-state index >= 15 is 0 Å². The Balaban J connectivity index is 2.78. The van der Waals surface area contributed by atoms with Crippen LogP contribution < -0.4 is 4.52 Å². The molecule has 5 heteroatoms. The van der Waals surface area contributed by atoms with E-state index in [-0.39, 0.29) is 6.61 Å². The van der Waals surface area contributed by atoms with Crippen LogP contribution in [-0.4, -0.2) is 6.61 Å². The lowest BCUT2D eigenvalue weighted by molar-refractivity contribution is 0.294. The Bertz CT molecular complexity index is 354. The molecule has 0 aromatic heterocycles. The maximum atomic E-state index is 11.5. The van der Waals surface area contributed by atoms with Crippen LogP contribution in [0.4, 0.5) is 0 Å². The normalized spacial score (nSPS) is 14.8. The van der Waals surface area contributed by atoms with E-state index in [4.69, 9.17) is 20.3 Å². The van der Waals surface area contributed by atoms with Crippen LogP contribution in [0.3, 0.4) is 0 Å². The van der Waals surface area contributed by atoms with Crippen molar-refractivity contribution in [3.05, 3.63) is 29.8 Å². The van der Waals surface area contributed by atoms with Crippen LogP contribution in [0, 0.1) is 6.92 Å². The van der Waals surface area contributed by atoms with Gasteiger partial charge in [0.2, 0.25) is 0 Å². The van der Waals surface area contributed by atoms with Gasteiger partial charge in [-0.15, -0.1) is 0 Å².